The first-order valence-corrected chi connectivity index (χ1v) is 8.50. The normalized spacial score (nSPS) is 10.6. The van der Waals surface area contributed by atoms with E-state index in [2.05, 4.69) is 36.2 Å². The monoisotopic (exact) mass is 326 g/mol. The summed E-state index contributed by atoms with van der Waals surface area (Å²) in [4.78, 5) is 14.0. The maximum Gasteiger partial charge on any atom is 0.411 e. The predicted octanol–water partition coefficient (Wildman–Crippen LogP) is 4.17. The number of anilines is 1. The van der Waals surface area contributed by atoms with Crippen molar-refractivity contribution in [2.75, 3.05) is 31.6 Å². The Labute approximate surface area is 144 Å². The first-order valence-electron chi connectivity index (χ1n) is 8.50. The van der Waals surface area contributed by atoms with Crippen LogP contribution in [0.1, 0.15) is 25.0 Å². The number of hydrogen-bond acceptors (Lipinski definition) is 3. The predicted molar refractivity (Wildman–Crippen MR) is 98.4 cm³/mol. The number of carbonyl (C=O) groups excluding carboxylic acids is 1. The van der Waals surface area contributed by atoms with Crippen molar-refractivity contribution in [2.45, 2.75) is 20.3 Å². The van der Waals surface area contributed by atoms with E-state index in [9.17, 15) is 4.79 Å². The summed E-state index contributed by atoms with van der Waals surface area (Å²) < 4.78 is 5.21. The second-order valence-electron chi connectivity index (χ2n) is 5.65. The number of benzene rings is 2. The molecular formula is C20H26N2O2. The number of nitrogens with one attached hydrogen (secondary N) is 1. The molecule has 0 aliphatic carbocycles. The molecule has 2 aromatic rings. The summed E-state index contributed by atoms with van der Waals surface area (Å²) in [5.74, 6) is 0. The van der Waals surface area contributed by atoms with Crippen LogP contribution in [-0.2, 0) is 11.2 Å². The Morgan fingerprint density at radius 1 is 0.958 bits per heavy atom. The van der Waals surface area contributed by atoms with Crippen LogP contribution in [0.5, 0.6) is 0 Å². The average Bonchev–Trinajstić information content (AvgIpc) is 2.61. The fraction of sp³-hybridized carbons (Fsp3) is 0.350. The maximum absolute atomic E-state index is 11.8. The van der Waals surface area contributed by atoms with Crippen LogP contribution >= 0.6 is 0 Å². The molecule has 0 aromatic heterocycles. The molecule has 0 aliphatic rings. The Kier molecular flexibility index (Phi) is 7.30. The molecular weight excluding hydrogens is 300 g/mol. The van der Waals surface area contributed by atoms with Gasteiger partial charge in [-0.05, 0) is 42.8 Å². The van der Waals surface area contributed by atoms with Gasteiger partial charge < -0.3 is 9.64 Å². The summed E-state index contributed by atoms with van der Waals surface area (Å²) in [5, 5.41) is 2.76. The number of carbonyl (C=O) groups is 1. The van der Waals surface area contributed by atoms with Gasteiger partial charge in [-0.15, -0.1) is 0 Å². The fourth-order valence-corrected chi connectivity index (χ4v) is 2.50. The largest absolute Gasteiger partial charge is 0.448 e. The summed E-state index contributed by atoms with van der Waals surface area (Å²) in [5.41, 5.74) is 3.23. The number of amides is 1. The summed E-state index contributed by atoms with van der Waals surface area (Å²) in [6.45, 7) is 7.28. The fourth-order valence-electron chi connectivity index (χ4n) is 2.50. The highest BCUT2D eigenvalue weighted by Crippen LogP contribution is 2.13. The molecule has 0 radical (unpaired) electrons. The molecule has 0 saturated carbocycles. The van der Waals surface area contributed by atoms with Crippen LogP contribution in [0.25, 0.3) is 0 Å². The van der Waals surface area contributed by atoms with E-state index in [1.54, 1.807) is 0 Å². The Morgan fingerprint density at radius 3 is 2.21 bits per heavy atom. The molecule has 2 aromatic carbocycles. The summed E-state index contributed by atoms with van der Waals surface area (Å²) in [6, 6.07) is 18.2. The number of rotatable bonds is 8. The molecule has 24 heavy (non-hydrogen) atoms. The molecule has 0 spiro atoms. The number of ether oxygens (including phenoxy) is 1. The Balaban J connectivity index is 1.77. The van der Waals surface area contributed by atoms with Crippen molar-refractivity contribution < 1.29 is 9.53 Å². The lowest BCUT2D eigenvalue weighted by molar-refractivity contribution is 0.142. The van der Waals surface area contributed by atoms with Gasteiger partial charge in [-0.1, -0.05) is 56.3 Å². The summed E-state index contributed by atoms with van der Waals surface area (Å²) in [7, 11) is 0. The van der Waals surface area contributed by atoms with Crippen LogP contribution in [0.2, 0.25) is 0 Å². The van der Waals surface area contributed by atoms with Gasteiger partial charge in [-0.2, -0.15) is 0 Å². The molecule has 1 N–H and O–H groups in total. The maximum atomic E-state index is 11.8. The standard InChI is InChI=1S/C20H26N2O2/c1-3-22(4-2)14-15-24-20(23)21-19-12-10-18(11-13-19)16-17-8-6-5-7-9-17/h5-13H,3-4,14-16H2,1-2H3,(H,21,23). The van der Waals surface area contributed by atoms with Gasteiger partial charge in [-0.3, -0.25) is 5.32 Å². The number of likely N-dealkylation sites (N-methyl/N-ethyl adjacent to an activating group) is 1. The topological polar surface area (TPSA) is 41.6 Å². The van der Waals surface area contributed by atoms with Crippen molar-refractivity contribution in [1.29, 1.82) is 0 Å². The van der Waals surface area contributed by atoms with Gasteiger partial charge in [-0.25, -0.2) is 4.79 Å². The van der Waals surface area contributed by atoms with E-state index in [-0.39, 0.29) is 0 Å². The van der Waals surface area contributed by atoms with E-state index in [1.807, 2.05) is 42.5 Å². The van der Waals surface area contributed by atoms with E-state index in [4.69, 9.17) is 4.74 Å². The minimum atomic E-state index is -0.405. The van der Waals surface area contributed by atoms with Crippen molar-refractivity contribution in [3.05, 3.63) is 65.7 Å². The number of hydrogen-bond donors (Lipinski definition) is 1. The highest BCUT2D eigenvalue weighted by Gasteiger charge is 2.05. The molecule has 0 aliphatic heterocycles. The summed E-state index contributed by atoms with van der Waals surface area (Å²) in [6.07, 6.45) is 0.480. The smallest absolute Gasteiger partial charge is 0.411 e. The van der Waals surface area contributed by atoms with Gasteiger partial charge in [0.2, 0.25) is 0 Å². The zero-order valence-electron chi connectivity index (χ0n) is 14.5. The van der Waals surface area contributed by atoms with Crippen LogP contribution < -0.4 is 5.32 Å². The molecule has 0 fully saturated rings. The lowest BCUT2D eigenvalue weighted by Gasteiger charge is -2.17. The third kappa shape index (κ3) is 6.05. The molecule has 0 unspecified atom stereocenters. The van der Waals surface area contributed by atoms with Crippen molar-refractivity contribution in [2.24, 2.45) is 0 Å². The molecule has 1 amide bonds. The minimum absolute atomic E-state index is 0.402. The molecule has 4 heteroatoms. The van der Waals surface area contributed by atoms with Crippen LogP contribution in [0.15, 0.2) is 54.6 Å². The van der Waals surface area contributed by atoms with Crippen molar-refractivity contribution >= 4 is 11.8 Å². The van der Waals surface area contributed by atoms with E-state index < -0.39 is 6.09 Å². The van der Waals surface area contributed by atoms with Crippen LogP contribution in [0.4, 0.5) is 10.5 Å². The zero-order chi connectivity index (χ0) is 17.2. The lowest BCUT2D eigenvalue weighted by Crippen LogP contribution is -2.28. The Bertz CT molecular complexity index is 607. The van der Waals surface area contributed by atoms with Gasteiger partial charge in [0, 0.05) is 12.2 Å². The molecule has 0 bridgehead atoms. The van der Waals surface area contributed by atoms with E-state index in [0.29, 0.717) is 6.61 Å². The van der Waals surface area contributed by atoms with Crippen LogP contribution in [-0.4, -0.2) is 37.2 Å². The second kappa shape index (κ2) is 9.73. The molecule has 0 atom stereocenters. The van der Waals surface area contributed by atoms with Crippen LogP contribution in [0, 0.1) is 0 Å². The first kappa shape index (κ1) is 18.0. The van der Waals surface area contributed by atoms with Crippen LogP contribution in [0.3, 0.4) is 0 Å². The highest BCUT2D eigenvalue weighted by molar-refractivity contribution is 5.84. The van der Waals surface area contributed by atoms with Crippen molar-refractivity contribution in [1.82, 2.24) is 4.90 Å². The highest BCUT2D eigenvalue weighted by atomic mass is 16.5. The van der Waals surface area contributed by atoms with Crippen molar-refractivity contribution in [3.8, 4) is 0 Å². The van der Waals surface area contributed by atoms with Gasteiger partial charge in [0.25, 0.3) is 0 Å². The zero-order valence-corrected chi connectivity index (χ0v) is 14.5. The Hall–Kier alpha value is -2.33. The third-order valence-corrected chi connectivity index (χ3v) is 3.99. The molecule has 0 saturated heterocycles. The molecule has 4 nitrogen and oxygen atoms in total. The van der Waals surface area contributed by atoms with Crippen molar-refractivity contribution in [3.63, 3.8) is 0 Å². The first-order chi connectivity index (χ1) is 11.7. The third-order valence-electron chi connectivity index (χ3n) is 3.99. The molecule has 0 heterocycles. The molecule has 128 valence electrons. The molecule has 2 rings (SSSR count). The second-order valence-corrected chi connectivity index (χ2v) is 5.65. The van der Waals surface area contributed by atoms with Gasteiger partial charge >= 0.3 is 6.09 Å². The summed E-state index contributed by atoms with van der Waals surface area (Å²) >= 11 is 0. The van der Waals surface area contributed by atoms with Gasteiger partial charge in [0.05, 0.1) is 0 Å². The lowest BCUT2D eigenvalue weighted by atomic mass is 10.1. The van der Waals surface area contributed by atoms with E-state index in [0.717, 1.165) is 31.7 Å². The quantitative estimate of drug-likeness (QED) is 0.791. The van der Waals surface area contributed by atoms with Gasteiger partial charge in [0.15, 0.2) is 0 Å². The minimum Gasteiger partial charge on any atom is -0.448 e. The SMILES string of the molecule is CCN(CC)CCOC(=O)Nc1ccc(Cc2ccccc2)cc1. The van der Waals surface area contributed by atoms with E-state index in [1.165, 1.54) is 11.1 Å². The van der Waals surface area contributed by atoms with E-state index >= 15 is 0 Å². The Morgan fingerprint density at radius 2 is 1.58 bits per heavy atom. The number of nitrogens with zero attached hydrogens (tertiary/aromatic N) is 1. The average molecular weight is 326 g/mol. The van der Waals surface area contributed by atoms with Gasteiger partial charge in [0.1, 0.15) is 6.61 Å².